The lowest BCUT2D eigenvalue weighted by Gasteiger charge is -2.09. The first-order chi connectivity index (χ1) is 7.76. The Kier molecular flexibility index (Phi) is 6.17. The van der Waals surface area contributed by atoms with Crippen LogP contribution in [0, 0.1) is 11.8 Å². The van der Waals surface area contributed by atoms with Gasteiger partial charge in [-0.1, -0.05) is 27.9 Å². The molecule has 1 aromatic rings. The molecule has 0 N–H and O–H groups in total. The highest BCUT2D eigenvalue weighted by molar-refractivity contribution is 9.10. The Bertz CT molecular complexity index is 373. The quantitative estimate of drug-likeness (QED) is 0.624. The Hall–Kier alpha value is -0.820. The van der Waals surface area contributed by atoms with Crippen molar-refractivity contribution in [3.63, 3.8) is 0 Å². The van der Waals surface area contributed by atoms with Crippen molar-refractivity contribution in [1.29, 1.82) is 0 Å². The summed E-state index contributed by atoms with van der Waals surface area (Å²) >= 11 is 3.40. The Morgan fingerprint density at radius 3 is 2.50 bits per heavy atom. The number of ether oxygens (including phenoxy) is 2. The molecule has 0 fully saturated rings. The van der Waals surface area contributed by atoms with E-state index in [1.807, 2.05) is 38.1 Å². The molecule has 0 atom stereocenters. The van der Waals surface area contributed by atoms with E-state index in [4.69, 9.17) is 9.47 Å². The summed E-state index contributed by atoms with van der Waals surface area (Å²) in [6.07, 6.45) is -0.436. The molecule has 0 unspecified atom stereocenters. The predicted octanol–water partition coefficient (Wildman–Crippen LogP) is 3.20. The fourth-order valence-electron chi connectivity index (χ4n) is 1.14. The molecule has 0 saturated carbocycles. The number of hydrogen-bond donors (Lipinski definition) is 0. The Morgan fingerprint density at radius 1 is 1.25 bits per heavy atom. The predicted molar refractivity (Wildman–Crippen MR) is 68.1 cm³/mol. The van der Waals surface area contributed by atoms with Crippen LogP contribution in [0.1, 0.15) is 19.4 Å². The maximum Gasteiger partial charge on any atom is 0.222 e. The average Bonchev–Trinajstić information content (AvgIpc) is 2.27. The summed E-state index contributed by atoms with van der Waals surface area (Å²) in [7, 11) is 0. The van der Waals surface area contributed by atoms with E-state index in [2.05, 4.69) is 27.8 Å². The largest absolute Gasteiger partial charge is 0.342 e. The monoisotopic (exact) mass is 282 g/mol. The van der Waals surface area contributed by atoms with Crippen molar-refractivity contribution < 1.29 is 9.47 Å². The summed E-state index contributed by atoms with van der Waals surface area (Å²) in [5, 5.41) is 0. The normalized spacial score (nSPS) is 10.0. The van der Waals surface area contributed by atoms with Gasteiger partial charge in [-0.3, -0.25) is 0 Å². The second-order valence-electron chi connectivity index (χ2n) is 3.02. The highest BCUT2D eigenvalue weighted by atomic mass is 79.9. The van der Waals surface area contributed by atoms with Crippen molar-refractivity contribution in [3.05, 3.63) is 34.3 Å². The van der Waals surface area contributed by atoms with E-state index >= 15 is 0 Å². The molecule has 0 aromatic heterocycles. The Balaban J connectivity index is 2.69. The maximum absolute atomic E-state index is 5.33. The molecule has 3 heteroatoms. The van der Waals surface area contributed by atoms with Crippen LogP contribution >= 0.6 is 15.9 Å². The van der Waals surface area contributed by atoms with Crippen molar-refractivity contribution in [3.8, 4) is 11.8 Å². The molecule has 0 heterocycles. The standard InChI is InChI=1S/C13H15BrO2/c1-3-15-13(16-4-2)9-8-11-6-5-7-12(14)10-11/h5-7,10,13H,3-4H2,1-2H3. The fraction of sp³-hybridized carbons (Fsp3) is 0.385. The number of benzene rings is 1. The molecule has 0 radical (unpaired) electrons. The van der Waals surface area contributed by atoms with Gasteiger partial charge >= 0.3 is 0 Å². The summed E-state index contributed by atoms with van der Waals surface area (Å²) in [5.74, 6) is 5.98. The molecule has 0 spiro atoms. The maximum atomic E-state index is 5.33. The summed E-state index contributed by atoms with van der Waals surface area (Å²) in [6, 6.07) is 7.83. The van der Waals surface area contributed by atoms with Gasteiger partial charge in [0.05, 0.1) is 0 Å². The minimum atomic E-state index is -0.436. The number of rotatable bonds is 4. The third kappa shape index (κ3) is 4.80. The smallest absolute Gasteiger partial charge is 0.222 e. The van der Waals surface area contributed by atoms with Crippen molar-refractivity contribution in [2.45, 2.75) is 20.1 Å². The van der Waals surface area contributed by atoms with E-state index in [0.29, 0.717) is 13.2 Å². The zero-order chi connectivity index (χ0) is 11.8. The second kappa shape index (κ2) is 7.45. The van der Waals surface area contributed by atoms with Gasteiger partial charge in [-0.25, -0.2) is 0 Å². The van der Waals surface area contributed by atoms with E-state index in [-0.39, 0.29) is 0 Å². The van der Waals surface area contributed by atoms with E-state index in [1.165, 1.54) is 0 Å². The molecule has 0 amide bonds. The van der Waals surface area contributed by atoms with Gasteiger partial charge in [-0.05, 0) is 38.0 Å². The van der Waals surface area contributed by atoms with Crippen LogP contribution in [0.5, 0.6) is 0 Å². The van der Waals surface area contributed by atoms with Crippen LogP contribution < -0.4 is 0 Å². The lowest BCUT2D eigenvalue weighted by Crippen LogP contribution is -2.14. The summed E-state index contributed by atoms with van der Waals surface area (Å²) in [5.41, 5.74) is 0.943. The van der Waals surface area contributed by atoms with Gasteiger partial charge in [0.25, 0.3) is 0 Å². The van der Waals surface area contributed by atoms with Gasteiger partial charge in [0, 0.05) is 23.2 Å². The van der Waals surface area contributed by atoms with Gasteiger partial charge in [-0.15, -0.1) is 0 Å². The van der Waals surface area contributed by atoms with Crippen molar-refractivity contribution in [2.24, 2.45) is 0 Å². The molecule has 1 rings (SSSR count). The van der Waals surface area contributed by atoms with Crippen molar-refractivity contribution in [2.75, 3.05) is 13.2 Å². The summed E-state index contributed by atoms with van der Waals surface area (Å²) < 4.78 is 11.7. The van der Waals surface area contributed by atoms with Crippen LogP contribution in [0.15, 0.2) is 28.7 Å². The fourth-order valence-corrected chi connectivity index (χ4v) is 1.54. The zero-order valence-electron chi connectivity index (χ0n) is 9.50. The van der Waals surface area contributed by atoms with E-state index in [9.17, 15) is 0 Å². The third-order valence-corrected chi connectivity index (χ3v) is 2.29. The van der Waals surface area contributed by atoms with Crippen LogP contribution in [0.4, 0.5) is 0 Å². The molecular formula is C13H15BrO2. The average molecular weight is 283 g/mol. The molecule has 1 aromatic carbocycles. The first-order valence-corrected chi connectivity index (χ1v) is 6.05. The first-order valence-electron chi connectivity index (χ1n) is 5.26. The second-order valence-corrected chi connectivity index (χ2v) is 3.94. The van der Waals surface area contributed by atoms with Crippen LogP contribution in [0.3, 0.4) is 0 Å². The van der Waals surface area contributed by atoms with Gasteiger partial charge in [0.1, 0.15) is 0 Å². The van der Waals surface area contributed by atoms with Gasteiger partial charge < -0.3 is 9.47 Å². The molecule has 0 aliphatic rings. The molecule has 16 heavy (non-hydrogen) atoms. The van der Waals surface area contributed by atoms with Crippen LogP contribution in [-0.4, -0.2) is 19.5 Å². The van der Waals surface area contributed by atoms with E-state index in [1.54, 1.807) is 0 Å². The molecular weight excluding hydrogens is 268 g/mol. The zero-order valence-corrected chi connectivity index (χ0v) is 11.1. The molecule has 0 saturated heterocycles. The van der Waals surface area contributed by atoms with Gasteiger partial charge in [0.15, 0.2) is 0 Å². The van der Waals surface area contributed by atoms with Crippen LogP contribution in [-0.2, 0) is 9.47 Å². The SMILES string of the molecule is CCOC(C#Cc1cccc(Br)c1)OCC. The molecule has 0 aliphatic carbocycles. The number of halogens is 1. The van der Waals surface area contributed by atoms with Crippen molar-refractivity contribution >= 4 is 15.9 Å². The Morgan fingerprint density at radius 2 is 1.94 bits per heavy atom. The van der Waals surface area contributed by atoms with E-state index in [0.717, 1.165) is 10.0 Å². The van der Waals surface area contributed by atoms with Crippen molar-refractivity contribution in [1.82, 2.24) is 0 Å². The lowest BCUT2D eigenvalue weighted by atomic mass is 10.2. The lowest BCUT2D eigenvalue weighted by molar-refractivity contribution is -0.0969. The highest BCUT2D eigenvalue weighted by Gasteiger charge is 2.01. The minimum absolute atomic E-state index is 0.436. The molecule has 86 valence electrons. The molecule has 0 aliphatic heterocycles. The first kappa shape index (κ1) is 13.2. The number of hydrogen-bond acceptors (Lipinski definition) is 2. The van der Waals surface area contributed by atoms with Gasteiger partial charge in [0.2, 0.25) is 6.29 Å². The molecule has 0 bridgehead atoms. The Labute approximate surface area is 105 Å². The third-order valence-electron chi connectivity index (χ3n) is 1.80. The topological polar surface area (TPSA) is 18.5 Å². The summed E-state index contributed by atoms with van der Waals surface area (Å²) in [6.45, 7) is 5.04. The van der Waals surface area contributed by atoms with E-state index < -0.39 is 6.29 Å². The van der Waals surface area contributed by atoms with Crippen LogP contribution in [0.2, 0.25) is 0 Å². The van der Waals surface area contributed by atoms with Gasteiger partial charge in [-0.2, -0.15) is 0 Å². The van der Waals surface area contributed by atoms with Crippen LogP contribution in [0.25, 0.3) is 0 Å². The highest BCUT2D eigenvalue weighted by Crippen LogP contribution is 2.10. The minimum Gasteiger partial charge on any atom is -0.342 e. The summed E-state index contributed by atoms with van der Waals surface area (Å²) in [4.78, 5) is 0. The molecule has 2 nitrogen and oxygen atoms in total.